The van der Waals surface area contributed by atoms with Crippen LogP contribution in [0.4, 0.5) is 0 Å². The minimum atomic E-state index is -1.54. The largest absolute Gasteiger partial charge is 0.497 e. The van der Waals surface area contributed by atoms with Crippen LogP contribution in [0.3, 0.4) is 0 Å². The number of carbonyl (C=O) groups is 2. The molecule has 0 saturated carbocycles. The highest BCUT2D eigenvalue weighted by Gasteiger charge is 2.36. The molecule has 3 aromatic rings. The lowest BCUT2D eigenvalue weighted by Crippen LogP contribution is -2.31. The van der Waals surface area contributed by atoms with Gasteiger partial charge >= 0.3 is 11.9 Å². The van der Waals surface area contributed by atoms with E-state index in [2.05, 4.69) is 4.98 Å². The zero-order chi connectivity index (χ0) is 21.1. The number of thiazole rings is 1. The molecule has 2 heterocycles. The monoisotopic (exact) mass is 414 g/mol. The van der Waals surface area contributed by atoms with Gasteiger partial charge < -0.3 is 14.2 Å². The van der Waals surface area contributed by atoms with E-state index in [1.807, 2.05) is 6.07 Å². The fourth-order valence-electron chi connectivity index (χ4n) is 2.91. The van der Waals surface area contributed by atoms with E-state index in [0.717, 1.165) is 4.70 Å². The van der Waals surface area contributed by atoms with E-state index < -0.39 is 17.9 Å². The zero-order valence-electron chi connectivity index (χ0n) is 16.0. The predicted molar refractivity (Wildman–Crippen MR) is 104 cm³/mol. The van der Waals surface area contributed by atoms with Crippen molar-refractivity contribution in [3.63, 3.8) is 0 Å². The first-order valence-corrected chi connectivity index (χ1v) is 9.59. The van der Waals surface area contributed by atoms with Crippen molar-refractivity contribution >= 4 is 38.5 Å². The SMILES string of the molecule is CCOC(=O)C(C(=O)OCC)c1nc2sc3cc(OC)ccc3n2c(=N)c1C#N. The second-order valence-corrected chi connectivity index (χ2v) is 6.83. The summed E-state index contributed by atoms with van der Waals surface area (Å²) < 4.78 is 17.5. The Balaban J connectivity index is 2.32. The van der Waals surface area contributed by atoms with E-state index in [1.165, 1.54) is 15.7 Å². The van der Waals surface area contributed by atoms with Crippen LogP contribution in [-0.2, 0) is 19.1 Å². The van der Waals surface area contributed by atoms with Crippen molar-refractivity contribution in [2.45, 2.75) is 19.8 Å². The molecule has 3 rings (SSSR count). The highest BCUT2D eigenvalue weighted by molar-refractivity contribution is 7.23. The van der Waals surface area contributed by atoms with Crippen LogP contribution in [-0.4, -0.2) is 41.6 Å². The summed E-state index contributed by atoms with van der Waals surface area (Å²) in [6, 6.07) is 7.18. The summed E-state index contributed by atoms with van der Waals surface area (Å²) in [4.78, 5) is 29.7. The molecule has 0 amide bonds. The van der Waals surface area contributed by atoms with Crippen LogP contribution in [0, 0.1) is 16.7 Å². The maximum absolute atomic E-state index is 12.5. The molecule has 9 nitrogen and oxygen atoms in total. The molecule has 0 aliphatic heterocycles. The Morgan fingerprint density at radius 2 is 1.93 bits per heavy atom. The fourth-order valence-corrected chi connectivity index (χ4v) is 3.97. The molecular weight excluding hydrogens is 396 g/mol. The number of hydrogen-bond donors (Lipinski definition) is 1. The number of carbonyl (C=O) groups excluding carboxylic acids is 2. The van der Waals surface area contributed by atoms with Gasteiger partial charge in [-0.15, -0.1) is 0 Å². The zero-order valence-corrected chi connectivity index (χ0v) is 16.8. The highest BCUT2D eigenvalue weighted by atomic mass is 32.1. The first kappa shape index (κ1) is 20.3. The number of rotatable bonds is 6. The Bertz CT molecular complexity index is 1190. The van der Waals surface area contributed by atoms with Crippen LogP contribution in [0.25, 0.3) is 15.2 Å². The minimum Gasteiger partial charge on any atom is -0.497 e. The van der Waals surface area contributed by atoms with E-state index in [4.69, 9.17) is 19.6 Å². The van der Waals surface area contributed by atoms with Crippen molar-refractivity contribution in [2.75, 3.05) is 20.3 Å². The van der Waals surface area contributed by atoms with Gasteiger partial charge in [0.1, 0.15) is 17.4 Å². The van der Waals surface area contributed by atoms with Crippen molar-refractivity contribution in [1.29, 1.82) is 10.7 Å². The maximum atomic E-state index is 12.5. The lowest BCUT2D eigenvalue weighted by molar-refractivity contribution is -0.157. The molecule has 1 aromatic carbocycles. The normalized spacial score (nSPS) is 10.9. The lowest BCUT2D eigenvalue weighted by Gasteiger charge is -2.15. The molecule has 0 radical (unpaired) electrons. The molecule has 0 unspecified atom stereocenters. The van der Waals surface area contributed by atoms with Gasteiger partial charge in [-0.25, -0.2) is 4.98 Å². The molecule has 2 aromatic heterocycles. The molecule has 0 aliphatic carbocycles. The molecular formula is C19H18N4O5S. The lowest BCUT2D eigenvalue weighted by atomic mass is 10.0. The van der Waals surface area contributed by atoms with E-state index in [1.54, 1.807) is 39.2 Å². The summed E-state index contributed by atoms with van der Waals surface area (Å²) in [5.74, 6) is -2.66. The van der Waals surface area contributed by atoms with Crippen molar-refractivity contribution in [2.24, 2.45) is 0 Å². The minimum absolute atomic E-state index is 0.0457. The third kappa shape index (κ3) is 3.52. The molecule has 1 N–H and O–H groups in total. The number of nitrogens with zero attached hydrogens (tertiary/aromatic N) is 3. The summed E-state index contributed by atoms with van der Waals surface area (Å²) in [6.45, 7) is 3.30. The van der Waals surface area contributed by atoms with E-state index in [-0.39, 0.29) is 30.0 Å². The van der Waals surface area contributed by atoms with Gasteiger partial charge in [0.15, 0.2) is 16.4 Å². The third-order valence-corrected chi connectivity index (χ3v) is 5.17. The number of nitrogens with one attached hydrogen (secondary N) is 1. The summed E-state index contributed by atoms with van der Waals surface area (Å²) in [5, 5.41) is 18.2. The van der Waals surface area contributed by atoms with Crippen LogP contribution >= 0.6 is 11.3 Å². The van der Waals surface area contributed by atoms with Crippen LogP contribution in [0.5, 0.6) is 5.75 Å². The maximum Gasteiger partial charge on any atom is 0.326 e. The number of methoxy groups -OCH3 is 1. The van der Waals surface area contributed by atoms with Crippen LogP contribution in [0.1, 0.15) is 31.0 Å². The number of nitriles is 1. The predicted octanol–water partition coefficient (Wildman–Crippen LogP) is 2.12. The Morgan fingerprint density at radius 1 is 1.28 bits per heavy atom. The number of benzene rings is 1. The molecule has 0 atom stereocenters. The fraction of sp³-hybridized carbons (Fsp3) is 0.316. The van der Waals surface area contributed by atoms with Crippen molar-refractivity contribution in [3.8, 4) is 11.8 Å². The second-order valence-electron chi connectivity index (χ2n) is 5.82. The molecule has 150 valence electrons. The van der Waals surface area contributed by atoms with Gasteiger partial charge in [-0.1, -0.05) is 11.3 Å². The molecule has 0 spiro atoms. The van der Waals surface area contributed by atoms with E-state index >= 15 is 0 Å². The molecule has 0 saturated heterocycles. The molecule has 10 heteroatoms. The number of fused-ring (bicyclic) bond motifs is 3. The van der Waals surface area contributed by atoms with Crippen molar-refractivity contribution in [1.82, 2.24) is 9.38 Å². The van der Waals surface area contributed by atoms with Gasteiger partial charge in [0.2, 0.25) is 0 Å². The first-order valence-electron chi connectivity index (χ1n) is 8.77. The second kappa shape index (κ2) is 8.28. The highest BCUT2D eigenvalue weighted by Crippen LogP contribution is 2.30. The molecule has 0 bridgehead atoms. The van der Waals surface area contributed by atoms with Crippen molar-refractivity contribution < 1.29 is 23.8 Å². The number of ether oxygens (including phenoxy) is 3. The third-order valence-electron chi connectivity index (χ3n) is 4.16. The van der Waals surface area contributed by atoms with Gasteiger partial charge in [-0.2, -0.15) is 5.26 Å². The standard InChI is InChI=1S/C19H18N4O5S/c1-4-27-17(24)14(18(25)28-5-2)15-11(9-20)16(21)23-12-7-6-10(26-3)8-13(12)29-19(23)22-15/h6-8,14,21H,4-5H2,1-3H3. The Kier molecular flexibility index (Phi) is 5.79. The molecule has 29 heavy (non-hydrogen) atoms. The topological polar surface area (TPSA) is 127 Å². The molecule has 0 fully saturated rings. The Labute approximate surface area is 169 Å². The Morgan fingerprint density at radius 3 is 2.48 bits per heavy atom. The van der Waals surface area contributed by atoms with E-state index in [9.17, 15) is 14.9 Å². The average Bonchev–Trinajstić information content (AvgIpc) is 3.06. The van der Waals surface area contributed by atoms with Crippen molar-refractivity contribution in [3.05, 3.63) is 34.9 Å². The van der Waals surface area contributed by atoms with Crippen LogP contribution in [0.2, 0.25) is 0 Å². The van der Waals surface area contributed by atoms with E-state index in [0.29, 0.717) is 16.2 Å². The average molecular weight is 414 g/mol. The summed E-state index contributed by atoms with van der Waals surface area (Å²) >= 11 is 1.24. The van der Waals surface area contributed by atoms with Gasteiger partial charge in [-0.05, 0) is 32.0 Å². The number of hydrogen-bond acceptors (Lipinski definition) is 9. The number of esters is 2. The van der Waals surface area contributed by atoms with Gasteiger partial charge in [0.05, 0.1) is 36.2 Å². The summed E-state index contributed by atoms with van der Waals surface area (Å²) in [5.41, 5.74) is 0.148. The number of aromatic nitrogens is 2. The summed E-state index contributed by atoms with van der Waals surface area (Å²) in [7, 11) is 1.55. The smallest absolute Gasteiger partial charge is 0.326 e. The molecule has 0 aliphatic rings. The van der Waals surface area contributed by atoms with Crippen LogP contribution < -0.4 is 10.2 Å². The van der Waals surface area contributed by atoms with Crippen LogP contribution in [0.15, 0.2) is 18.2 Å². The van der Waals surface area contributed by atoms with Gasteiger partial charge in [-0.3, -0.25) is 19.4 Å². The summed E-state index contributed by atoms with van der Waals surface area (Å²) in [6.07, 6.45) is 0. The first-order chi connectivity index (χ1) is 14.0. The Hall–Kier alpha value is -3.45. The van der Waals surface area contributed by atoms with Gasteiger partial charge in [0.25, 0.3) is 0 Å². The van der Waals surface area contributed by atoms with Gasteiger partial charge in [0, 0.05) is 0 Å². The quantitative estimate of drug-likeness (QED) is 0.483.